The molecule has 0 aromatic heterocycles. The number of unbranched alkanes of at least 4 members (excludes halogenated alkanes) is 1. The fraction of sp³-hybridized carbons (Fsp3) is 0.375. The van der Waals surface area contributed by atoms with Gasteiger partial charge < -0.3 is 9.47 Å². The number of nitrogens with zero attached hydrogens (tertiary/aromatic N) is 1. The van der Waals surface area contributed by atoms with Crippen LogP contribution in [0.4, 0.5) is 0 Å². The predicted octanol–water partition coefficient (Wildman–Crippen LogP) is 2.93. The van der Waals surface area contributed by atoms with Gasteiger partial charge in [-0.3, -0.25) is 0 Å². The molecule has 0 spiro atoms. The molecule has 0 aliphatic carbocycles. The smallest absolute Gasteiger partial charge is 0.330 e. The molecule has 4 heteroatoms. The summed E-state index contributed by atoms with van der Waals surface area (Å²) < 4.78 is 10.3. The minimum atomic E-state index is -0.411. The molecule has 0 N–H and O–H groups in total. The zero-order valence-electron chi connectivity index (χ0n) is 11.7. The summed E-state index contributed by atoms with van der Waals surface area (Å²) in [6, 6.07) is 9.05. The van der Waals surface area contributed by atoms with Gasteiger partial charge in [-0.25, -0.2) is 4.79 Å². The third kappa shape index (κ3) is 6.72. The van der Waals surface area contributed by atoms with Crippen LogP contribution in [0.3, 0.4) is 0 Å². The maximum Gasteiger partial charge on any atom is 0.330 e. The fourth-order valence-corrected chi connectivity index (χ4v) is 1.47. The lowest BCUT2D eigenvalue weighted by Crippen LogP contribution is -2.08. The number of hydrogen-bond donors (Lipinski definition) is 0. The van der Waals surface area contributed by atoms with Gasteiger partial charge in [0.05, 0.1) is 18.2 Å². The maximum atomic E-state index is 11.4. The van der Waals surface area contributed by atoms with Gasteiger partial charge in [-0.1, -0.05) is 25.5 Å². The topological polar surface area (TPSA) is 59.3 Å². The molecule has 20 heavy (non-hydrogen) atoms. The average molecular weight is 273 g/mol. The molecule has 106 valence electrons. The van der Waals surface area contributed by atoms with E-state index < -0.39 is 5.97 Å². The standard InChI is InChI=1S/C16H19NO3/c1-2-3-9-19-10-11-20-16(18)8-7-14-5-4-6-15(12-14)13-17/h4-8,12H,2-3,9-11H2,1H3/b8-7+. The second-order valence-electron chi connectivity index (χ2n) is 4.20. The molecule has 0 bridgehead atoms. The quantitative estimate of drug-likeness (QED) is 0.415. The lowest BCUT2D eigenvalue weighted by atomic mass is 10.1. The number of rotatable bonds is 8. The molecule has 0 saturated heterocycles. The van der Waals surface area contributed by atoms with Crippen molar-refractivity contribution in [2.45, 2.75) is 19.8 Å². The van der Waals surface area contributed by atoms with E-state index in [1.54, 1.807) is 24.3 Å². The van der Waals surface area contributed by atoms with Gasteiger partial charge >= 0.3 is 5.97 Å². The lowest BCUT2D eigenvalue weighted by Gasteiger charge is -2.03. The van der Waals surface area contributed by atoms with Gasteiger partial charge in [0, 0.05) is 12.7 Å². The van der Waals surface area contributed by atoms with Crippen molar-refractivity contribution in [1.82, 2.24) is 0 Å². The van der Waals surface area contributed by atoms with Gasteiger partial charge in [-0.05, 0) is 30.2 Å². The van der Waals surface area contributed by atoms with E-state index >= 15 is 0 Å². The highest BCUT2D eigenvalue weighted by Gasteiger charge is 1.97. The van der Waals surface area contributed by atoms with E-state index in [1.807, 2.05) is 12.1 Å². The van der Waals surface area contributed by atoms with Crippen LogP contribution >= 0.6 is 0 Å². The Morgan fingerprint density at radius 3 is 2.95 bits per heavy atom. The minimum absolute atomic E-state index is 0.255. The summed E-state index contributed by atoms with van der Waals surface area (Å²) in [5.41, 5.74) is 1.35. The zero-order chi connectivity index (χ0) is 14.6. The number of nitriles is 1. The number of carbonyl (C=O) groups is 1. The summed E-state index contributed by atoms with van der Waals surface area (Å²) in [4.78, 5) is 11.4. The molecule has 0 aliphatic rings. The highest BCUT2D eigenvalue weighted by Crippen LogP contribution is 2.06. The van der Waals surface area contributed by atoms with Crippen molar-refractivity contribution in [2.24, 2.45) is 0 Å². The van der Waals surface area contributed by atoms with Crippen LogP contribution in [0.25, 0.3) is 6.08 Å². The molecule has 0 unspecified atom stereocenters. The predicted molar refractivity (Wildman–Crippen MR) is 76.9 cm³/mol. The van der Waals surface area contributed by atoms with E-state index in [2.05, 4.69) is 6.92 Å². The molecule has 0 saturated carbocycles. The first kappa shape index (κ1) is 15.9. The van der Waals surface area contributed by atoms with Crippen molar-refractivity contribution in [1.29, 1.82) is 5.26 Å². The van der Waals surface area contributed by atoms with Crippen LogP contribution in [0.2, 0.25) is 0 Å². The summed E-state index contributed by atoms with van der Waals surface area (Å²) in [6.45, 7) is 3.47. The van der Waals surface area contributed by atoms with E-state index in [9.17, 15) is 4.79 Å². The fourth-order valence-electron chi connectivity index (χ4n) is 1.47. The lowest BCUT2D eigenvalue weighted by molar-refractivity contribution is -0.139. The Morgan fingerprint density at radius 2 is 2.20 bits per heavy atom. The monoisotopic (exact) mass is 273 g/mol. The molecule has 0 radical (unpaired) electrons. The van der Waals surface area contributed by atoms with E-state index in [-0.39, 0.29) is 6.61 Å². The third-order valence-electron chi connectivity index (χ3n) is 2.54. The van der Waals surface area contributed by atoms with E-state index in [4.69, 9.17) is 14.7 Å². The number of carbonyl (C=O) groups excluding carboxylic acids is 1. The van der Waals surface area contributed by atoms with Crippen LogP contribution in [0.1, 0.15) is 30.9 Å². The molecule has 0 amide bonds. The maximum absolute atomic E-state index is 11.4. The molecular formula is C16H19NO3. The van der Waals surface area contributed by atoms with Gasteiger partial charge in [0.25, 0.3) is 0 Å². The van der Waals surface area contributed by atoms with Gasteiger partial charge in [-0.15, -0.1) is 0 Å². The Hall–Kier alpha value is -2.12. The highest BCUT2D eigenvalue weighted by molar-refractivity contribution is 5.87. The molecular weight excluding hydrogens is 254 g/mol. The van der Waals surface area contributed by atoms with Crippen LogP contribution in [-0.4, -0.2) is 25.8 Å². The first-order chi connectivity index (χ1) is 9.76. The van der Waals surface area contributed by atoms with E-state index in [1.165, 1.54) is 6.08 Å². The van der Waals surface area contributed by atoms with Crippen molar-refractivity contribution < 1.29 is 14.3 Å². The summed E-state index contributed by atoms with van der Waals surface area (Å²) in [7, 11) is 0. The number of ether oxygens (including phenoxy) is 2. The van der Waals surface area contributed by atoms with E-state index in [0.29, 0.717) is 18.8 Å². The van der Waals surface area contributed by atoms with Crippen LogP contribution < -0.4 is 0 Å². The summed E-state index contributed by atoms with van der Waals surface area (Å²) in [6.07, 6.45) is 5.08. The van der Waals surface area contributed by atoms with Gasteiger partial charge in [-0.2, -0.15) is 5.26 Å². The van der Waals surface area contributed by atoms with Gasteiger partial charge in [0.2, 0.25) is 0 Å². The van der Waals surface area contributed by atoms with Gasteiger partial charge in [0.15, 0.2) is 0 Å². The highest BCUT2D eigenvalue weighted by atomic mass is 16.6. The Labute approximate surface area is 119 Å². The molecule has 1 aromatic carbocycles. The molecule has 0 heterocycles. The van der Waals surface area contributed by atoms with Crippen LogP contribution in [0.15, 0.2) is 30.3 Å². The van der Waals surface area contributed by atoms with Crippen molar-refractivity contribution in [3.63, 3.8) is 0 Å². The normalized spacial score (nSPS) is 10.4. The van der Waals surface area contributed by atoms with Crippen molar-refractivity contribution >= 4 is 12.0 Å². The largest absolute Gasteiger partial charge is 0.460 e. The Bertz CT molecular complexity index is 489. The summed E-state index contributed by atoms with van der Waals surface area (Å²) >= 11 is 0. The summed E-state index contributed by atoms with van der Waals surface area (Å²) in [5.74, 6) is -0.411. The molecule has 0 atom stereocenters. The Balaban J connectivity index is 2.27. The summed E-state index contributed by atoms with van der Waals surface area (Å²) in [5, 5.41) is 8.76. The zero-order valence-corrected chi connectivity index (χ0v) is 11.7. The third-order valence-corrected chi connectivity index (χ3v) is 2.54. The number of esters is 1. The van der Waals surface area contributed by atoms with Crippen molar-refractivity contribution in [3.05, 3.63) is 41.5 Å². The second-order valence-corrected chi connectivity index (χ2v) is 4.20. The minimum Gasteiger partial charge on any atom is -0.460 e. The number of benzene rings is 1. The number of hydrogen-bond acceptors (Lipinski definition) is 4. The molecule has 0 fully saturated rings. The molecule has 1 aromatic rings. The molecule has 1 rings (SSSR count). The molecule has 4 nitrogen and oxygen atoms in total. The first-order valence-corrected chi connectivity index (χ1v) is 6.69. The average Bonchev–Trinajstić information content (AvgIpc) is 2.49. The van der Waals surface area contributed by atoms with Crippen molar-refractivity contribution in [2.75, 3.05) is 19.8 Å². The van der Waals surface area contributed by atoms with Crippen LogP contribution in [0, 0.1) is 11.3 Å². The van der Waals surface area contributed by atoms with Crippen molar-refractivity contribution in [3.8, 4) is 6.07 Å². The van der Waals surface area contributed by atoms with Crippen LogP contribution in [0.5, 0.6) is 0 Å². The Kier molecular flexibility index (Phi) is 7.78. The second kappa shape index (κ2) is 9.76. The first-order valence-electron chi connectivity index (χ1n) is 6.69. The van der Waals surface area contributed by atoms with Gasteiger partial charge in [0.1, 0.15) is 6.61 Å². The van der Waals surface area contributed by atoms with Crippen LogP contribution in [-0.2, 0) is 14.3 Å². The Morgan fingerprint density at radius 1 is 1.35 bits per heavy atom. The van der Waals surface area contributed by atoms with E-state index in [0.717, 1.165) is 18.4 Å². The SMILES string of the molecule is CCCCOCCOC(=O)/C=C/c1cccc(C#N)c1. The molecule has 0 aliphatic heterocycles.